The number of nitrogens with one attached hydrogen (secondary N) is 1. The molecule has 1 heterocycles. The number of nitrogens with zero attached hydrogens (tertiary/aromatic N) is 2. The third kappa shape index (κ3) is 2.79. The fourth-order valence-corrected chi connectivity index (χ4v) is 1.58. The number of rotatable bonds is 2. The SMILES string of the molecule is Nc1ccc(C(=O)Nc2ncccn2)cc1Br. The second-order valence-corrected chi connectivity index (χ2v) is 4.12. The fraction of sp³-hybridized carbons (Fsp3) is 0. The molecule has 0 spiro atoms. The maximum atomic E-state index is 11.8. The minimum absolute atomic E-state index is 0.269. The van der Waals surface area contributed by atoms with Crippen LogP contribution in [0.25, 0.3) is 0 Å². The first-order valence-electron chi connectivity index (χ1n) is 4.80. The van der Waals surface area contributed by atoms with Gasteiger partial charge in [0, 0.05) is 28.1 Å². The Morgan fingerprint density at radius 1 is 1.29 bits per heavy atom. The van der Waals surface area contributed by atoms with Crippen LogP contribution in [0.2, 0.25) is 0 Å². The lowest BCUT2D eigenvalue weighted by atomic mass is 10.2. The number of anilines is 2. The topological polar surface area (TPSA) is 80.9 Å². The molecule has 1 aromatic carbocycles. The Morgan fingerprint density at radius 2 is 2.00 bits per heavy atom. The minimum atomic E-state index is -0.281. The van der Waals surface area contributed by atoms with Gasteiger partial charge in [-0.25, -0.2) is 9.97 Å². The molecule has 0 aliphatic carbocycles. The van der Waals surface area contributed by atoms with E-state index in [9.17, 15) is 4.79 Å². The molecule has 0 aliphatic rings. The van der Waals surface area contributed by atoms with Crippen molar-refractivity contribution in [1.29, 1.82) is 0 Å². The van der Waals surface area contributed by atoms with Crippen molar-refractivity contribution >= 4 is 33.5 Å². The second kappa shape index (κ2) is 4.92. The van der Waals surface area contributed by atoms with Crippen LogP contribution in [0.5, 0.6) is 0 Å². The summed E-state index contributed by atoms with van der Waals surface area (Å²) in [5.74, 6) is -0.0117. The zero-order valence-electron chi connectivity index (χ0n) is 8.72. The minimum Gasteiger partial charge on any atom is -0.398 e. The van der Waals surface area contributed by atoms with Gasteiger partial charge in [-0.1, -0.05) is 0 Å². The summed E-state index contributed by atoms with van der Waals surface area (Å²) in [6.45, 7) is 0. The molecule has 0 unspecified atom stereocenters. The molecule has 0 saturated carbocycles. The van der Waals surface area contributed by atoms with Crippen molar-refractivity contribution in [1.82, 2.24) is 9.97 Å². The van der Waals surface area contributed by atoms with E-state index in [1.165, 1.54) is 0 Å². The Hall–Kier alpha value is -1.95. The molecule has 86 valence electrons. The molecule has 0 radical (unpaired) electrons. The smallest absolute Gasteiger partial charge is 0.258 e. The van der Waals surface area contributed by atoms with Crippen molar-refractivity contribution in [2.45, 2.75) is 0 Å². The Labute approximate surface area is 106 Å². The van der Waals surface area contributed by atoms with E-state index in [-0.39, 0.29) is 11.9 Å². The predicted octanol–water partition coefficient (Wildman–Crippen LogP) is 2.07. The van der Waals surface area contributed by atoms with Crippen LogP contribution in [0.15, 0.2) is 41.1 Å². The molecule has 1 aromatic heterocycles. The van der Waals surface area contributed by atoms with Gasteiger partial charge in [-0.2, -0.15) is 0 Å². The predicted molar refractivity (Wildman–Crippen MR) is 68.5 cm³/mol. The molecular weight excluding hydrogens is 284 g/mol. The number of amides is 1. The highest BCUT2D eigenvalue weighted by atomic mass is 79.9. The number of carbonyl (C=O) groups excluding carboxylic acids is 1. The highest BCUT2D eigenvalue weighted by molar-refractivity contribution is 9.10. The first kappa shape index (κ1) is 11.5. The van der Waals surface area contributed by atoms with Crippen LogP contribution in [0.1, 0.15) is 10.4 Å². The largest absolute Gasteiger partial charge is 0.398 e. The van der Waals surface area contributed by atoms with Gasteiger partial charge in [-0.3, -0.25) is 10.1 Å². The van der Waals surface area contributed by atoms with Crippen LogP contribution >= 0.6 is 15.9 Å². The third-order valence-electron chi connectivity index (χ3n) is 2.05. The Morgan fingerprint density at radius 3 is 2.65 bits per heavy atom. The number of nitrogen functional groups attached to an aromatic ring is 1. The molecular formula is C11H9BrN4O. The van der Waals surface area contributed by atoms with Gasteiger partial charge in [0.05, 0.1) is 0 Å². The fourth-order valence-electron chi connectivity index (χ4n) is 1.21. The maximum Gasteiger partial charge on any atom is 0.258 e. The lowest BCUT2D eigenvalue weighted by Gasteiger charge is -2.04. The van der Waals surface area contributed by atoms with Crippen molar-refractivity contribution in [3.8, 4) is 0 Å². The molecule has 1 amide bonds. The summed E-state index contributed by atoms with van der Waals surface area (Å²) in [7, 11) is 0. The summed E-state index contributed by atoms with van der Waals surface area (Å²) in [5, 5.41) is 2.58. The van der Waals surface area contributed by atoms with Gasteiger partial charge >= 0.3 is 0 Å². The van der Waals surface area contributed by atoms with E-state index in [1.807, 2.05) is 0 Å². The zero-order valence-corrected chi connectivity index (χ0v) is 10.3. The van der Waals surface area contributed by atoms with Crippen LogP contribution in [0, 0.1) is 0 Å². The molecule has 0 bridgehead atoms. The van der Waals surface area contributed by atoms with Crippen LogP contribution < -0.4 is 11.1 Å². The van der Waals surface area contributed by atoms with Crippen molar-refractivity contribution in [3.63, 3.8) is 0 Å². The Balaban J connectivity index is 2.18. The van der Waals surface area contributed by atoms with Gasteiger partial charge in [0.25, 0.3) is 5.91 Å². The lowest BCUT2D eigenvalue weighted by molar-refractivity contribution is 0.102. The number of halogens is 1. The van der Waals surface area contributed by atoms with Crippen LogP contribution in [0.4, 0.5) is 11.6 Å². The van der Waals surface area contributed by atoms with Gasteiger partial charge in [-0.05, 0) is 40.2 Å². The average molecular weight is 293 g/mol. The molecule has 0 fully saturated rings. The molecule has 5 nitrogen and oxygen atoms in total. The number of nitrogens with two attached hydrogens (primary N) is 1. The molecule has 0 saturated heterocycles. The molecule has 2 aromatic rings. The first-order chi connectivity index (χ1) is 8.16. The number of aromatic nitrogens is 2. The molecule has 0 aliphatic heterocycles. The van der Waals surface area contributed by atoms with Gasteiger partial charge < -0.3 is 5.73 Å². The monoisotopic (exact) mass is 292 g/mol. The third-order valence-corrected chi connectivity index (χ3v) is 2.74. The van der Waals surface area contributed by atoms with Gasteiger partial charge in [0.1, 0.15) is 0 Å². The quantitative estimate of drug-likeness (QED) is 0.831. The molecule has 2 rings (SSSR count). The Bertz CT molecular complexity index is 544. The number of carbonyl (C=O) groups is 1. The van der Waals surface area contributed by atoms with E-state index < -0.39 is 0 Å². The second-order valence-electron chi connectivity index (χ2n) is 3.26. The number of hydrogen-bond donors (Lipinski definition) is 2. The maximum absolute atomic E-state index is 11.8. The number of benzene rings is 1. The lowest BCUT2D eigenvalue weighted by Crippen LogP contribution is -2.14. The van der Waals surface area contributed by atoms with Gasteiger partial charge in [0.15, 0.2) is 0 Å². The van der Waals surface area contributed by atoms with Crippen LogP contribution in [-0.4, -0.2) is 15.9 Å². The van der Waals surface area contributed by atoms with Crippen LogP contribution in [0.3, 0.4) is 0 Å². The summed E-state index contributed by atoms with van der Waals surface area (Å²) in [5.41, 5.74) is 6.70. The van der Waals surface area contributed by atoms with Gasteiger partial charge in [0.2, 0.25) is 5.95 Å². The van der Waals surface area contributed by atoms with E-state index in [2.05, 4.69) is 31.2 Å². The Kier molecular flexibility index (Phi) is 3.34. The standard InChI is InChI=1S/C11H9BrN4O/c12-8-6-7(2-3-9(8)13)10(17)16-11-14-4-1-5-15-11/h1-6H,13H2,(H,14,15,16,17). The van der Waals surface area contributed by atoms with Crippen LogP contribution in [-0.2, 0) is 0 Å². The summed E-state index contributed by atoms with van der Waals surface area (Å²) in [6, 6.07) is 6.62. The van der Waals surface area contributed by atoms with Crippen molar-refractivity contribution in [2.75, 3.05) is 11.1 Å². The summed E-state index contributed by atoms with van der Waals surface area (Å²) >= 11 is 3.26. The summed E-state index contributed by atoms with van der Waals surface area (Å²) in [4.78, 5) is 19.6. The van der Waals surface area contributed by atoms with E-state index in [0.717, 1.165) is 0 Å². The highest BCUT2D eigenvalue weighted by Crippen LogP contribution is 2.20. The molecule has 17 heavy (non-hydrogen) atoms. The summed E-state index contributed by atoms with van der Waals surface area (Å²) in [6.07, 6.45) is 3.11. The van der Waals surface area contributed by atoms with E-state index >= 15 is 0 Å². The summed E-state index contributed by atoms with van der Waals surface area (Å²) < 4.78 is 0.680. The normalized spacial score (nSPS) is 9.94. The zero-order chi connectivity index (χ0) is 12.3. The molecule has 6 heteroatoms. The van der Waals surface area contributed by atoms with Crippen molar-refractivity contribution in [3.05, 3.63) is 46.7 Å². The highest BCUT2D eigenvalue weighted by Gasteiger charge is 2.08. The van der Waals surface area contributed by atoms with Crippen molar-refractivity contribution in [2.24, 2.45) is 0 Å². The first-order valence-corrected chi connectivity index (χ1v) is 5.59. The molecule has 3 N–H and O–H groups in total. The van der Waals surface area contributed by atoms with E-state index in [1.54, 1.807) is 36.7 Å². The van der Waals surface area contributed by atoms with E-state index in [0.29, 0.717) is 15.7 Å². The average Bonchev–Trinajstić information content (AvgIpc) is 2.34. The molecule has 0 atom stereocenters. The van der Waals surface area contributed by atoms with E-state index in [4.69, 9.17) is 5.73 Å². The van der Waals surface area contributed by atoms with Gasteiger partial charge in [-0.15, -0.1) is 0 Å². The number of hydrogen-bond acceptors (Lipinski definition) is 4. The van der Waals surface area contributed by atoms with Crippen molar-refractivity contribution < 1.29 is 4.79 Å².